The standard InChI is InChI=1S/C8H10O5/c1-12-7(10)5-4(3-9)6(5)8(11)13-2/h3-6H,1-2H3/t5-,6-/m0/s1/i4T. The lowest BCUT2D eigenvalue weighted by Gasteiger charge is -1.95. The summed E-state index contributed by atoms with van der Waals surface area (Å²) in [4.78, 5) is 32.7. The topological polar surface area (TPSA) is 69.7 Å². The maximum Gasteiger partial charge on any atom is 0.310 e. The number of ether oxygens (including phenoxy) is 2. The zero-order valence-electron chi connectivity index (χ0n) is 8.27. The van der Waals surface area contributed by atoms with E-state index in [-0.39, 0.29) is 6.29 Å². The zero-order chi connectivity index (χ0) is 10.9. The van der Waals surface area contributed by atoms with Crippen molar-refractivity contribution in [3.8, 4) is 0 Å². The molecule has 0 unspecified atom stereocenters. The molecule has 0 radical (unpaired) electrons. The quantitative estimate of drug-likeness (QED) is 0.436. The van der Waals surface area contributed by atoms with Crippen molar-refractivity contribution in [3.05, 3.63) is 0 Å². The van der Waals surface area contributed by atoms with Crippen molar-refractivity contribution in [2.24, 2.45) is 17.7 Å². The summed E-state index contributed by atoms with van der Waals surface area (Å²) in [7, 11) is 2.28. The summed E-state index contributed by atoms with van der Waals surface area (Å²) in [6, 6.07) is 0. The van der Waals surface area contributed by atoms with Gasteiger partial charge in [-0.25, -0.2) is 0 Å². The lowest BCUT2D eigenvalue weighted by Crippen LogP contribution is -2.10. The first-order chi connectivity index (χ1) is 6.52. The Morgan fingerprint density at radius 1 is 1.23 bits per heavy atom. The van der Waals surface area contributed by atoms with E-state index in [1.807, 2.05) is 0 Å². The van der Waals surface area contributed by atoms with E-state index in [1.165, 1.54) is 0 Å². The fourth-order valence-corrected chi connectivity index (χ4v) is 1.23. The number of rotatable bonds is 3. The van der Waals surface area contributed by atoms with Crippen molar-refractivity contribution in [3.63, 3.8) is 0 Å². The zero-order valence-corrected chi connectivity index (χ0v) is 7.27. The van der Waals surface area contributed by atoms with Gasteiger partial charge in [0.25, 0.3) is 0 Å². The van der Waals surface area contributed by atoms with Gasteiger partial charge in [0.15, 0.2) is 0 Å². The second-order valence-corrected chi connectivity index (χ2v) is 2.62. The molecule has 0 aromatic carbocycles. The molecule has 1 aliphatic carbocycles. The fraction of sp³-hybridized carbons (Fsp3) is 0.625. The van der Waals surface area contributed by atoms with Gasteiger partial charge in [0.1, 0.15) is 6.29 Å². The number of carbonyl (C=O) groups excluding carboxylic acids is 3. The molecule has 0 amide bonds. The molecule has 5 nitrogen and oxygen atoms in total. The fourth-order valence-electron chi connectivity index (χ4n) is 1.23. The van der Waals surface area contributed by atoms with E-state index in [0.29, 0.717) is 0 Å². The smallest absolute Gasteiger partial charge is 0.310 e. The van der Waals surface area contributed by atoms with Crippen LogP contribution in [0.15, 0.2) is 0 Å². The van der Waals surface area contributed by atoms with E-state index >= 15 is 0 Å². The highest BCUT2D eigenvalue weighted by Gasteiger charge is 2.60. The van der Waals surface area contributed by atoms with E-state index in [1.54, 1.807) is 0 Å². The highest BCUT2D eigenvalue weighted by molar-refractivity contribution is 5.93. The van der Waals surface area contributed by atoms with Crippen LogP contribution in [-0.2, 0) is 23.9 Å². The summed E-state index contributed by atoms with van der Waals surface area (Å²) in [5.41, 5.74) is 0. The molecule has 0 aliphatic heterocycles. The Bertz CT molecular complexity index is 265. The van der Waals surface area contributed by atoms with Crippen LogP contribution in [0.25, 0.3) is 0 Å². The van der Waals surface area contributed by atoms with Crippen LogP contribution in [-0.4, -0.2) is 32.4 Å². The van der Waals surface area contributed by atoms with Gasteiger partial charge in [-0.1, -0.05) is 0 Å². The SMILES string of the molecule is [3H]C1(C=O)[C@H](C(=O)OC)[C@H]1C(=O)OC. The van der Waals surface area contributed by atoms with E-state index in [0.717, 1.165) is 14.2 Å². The van der Waals surface area contributed by atoms with Crippen LogP contribution in [0.2, 0.25) is 0 Å². The lowest BCUT2D eigenvalue weighted by atomic mass is 10.3. The predicted octanol–water partition coefficient (Wildman–Crippen LogP) is -0.607. The third-order valence-electron chi connectivity index (χ3n) is 1.99. The van der Waals surface area contributed by atoms with Crippen molar-refractivity contribution in [1.29, 1.82) is 0 Å². The van der Waals surface area contributed by atoms with Crippen LogP contribution in [0, 0.1) is 17.7 Å². The van der Waals surface area contributed by atoms with Crippen molar-refractivity contribution >= 4 is 18.2 Å². The third-order valence-corrected chi connectivity index (χ3v) is 1.99. The van der Waals surface area contributed by atoms with E-state index in [4.69, 9.17) is 1.37 Å². The average molecular weight is 188 g/mol. The van der Waals surface area contributed by atoms with Crippen molar-refractivity contribution in [2.75, 3.05) is 14.2 Å². The van der Waals surface area contributed by atoms with Crippen LogP contribution >= 0.6 is 0 Å². The van der Waals surface area contributed by atoms with Crippen LogP contribution in [0.1, 0.15) is 1.37 Å². The molecule has 72 valence electrons. The molecule has 2 atom stereocenters. The van der Waals surface area contributed by atoms with Crippen molar-refractivity contribution < 1.29 is 25.2 Å². The van der Waals surface area contributed by atoms with Crippen LogP contribution in [0.4, 0.5) is 0 Å². The first-order valence-corrected chi connectivity index (χ1v) is 3.65. The summed E-state index contributed by atoms with van der Waals surface area (Å²) in [6.45, 7) is 0. The second kappa shape index (κ2) is 3.55. The largest absolute Gasteiger partial charge is 0.469 e. The first kappa shape index (κ1) is 8.22. The Kier molecular flexibility index (Phi) is 2.25. The van der Waals surface area contributed by atoms with Crippen molar-refractivity contribution in [1.82, 2.24) is 0 Å². The number of aldehydes is 1. The summed E-state index contributed by atoms with van der Waals surface area (Å²) >= 11 is 0. The van der Waals surface area contributed by atoms with E-state index in [9.17, 15) is 14.4 Å². The summed E-state index contributed by atoms with van der Waals surface area (Å²) in [5.74, 6) is -5.24. The number of hydrogen-bond acceptors (Lipinski definition) is 5. The van der Waals surface area contributed by atoms with Gasteiger partial charge in [-0.2, -0.15) is 0 Å². The Balaban J connectivity index is 2.84. The highest BCUT2D eigenvalue weighted by atomic mass is 16.5. The molecule has 0 bridgehead atoms. The molecule has 0 heterocycles. The predicted molar refractivity (Wildman–Crippen MR) is 40.6 cm³/mol. The summed E-state index contributed by atoms with van der Waals surface area (Å²) in [5, 5.41) is 0. The summed E-state index contributed by atoms with van der Waals surface area (Å²) < 4.78 is 16.2. The van der Waals surface area contributed by atoms with Gasteiger partial charge in [0, 0.05) is 7.26 Å². The molecule has 13 heavy (non-hydrogen) atoms. The molecule has 1 fully saturated rings. The van der Waals surface area contributed by atoms with Gasteiger partial charge in [0.05, 0.1) is 26.1 Å². The van der Waals surface area contributed by atoms with Gasteiger partial charge >= 0.3 is 11.9 Å². The number of methoxy groups -OCH3 is 2. The Morgan fingerprint density at radius 2 is 1.62 bits per heavy atom. The van der Waals surface area contributed by atoms with E-state index < -0.39 is 29.7 Å². The molecule has 1 aliphatic rings. The Labute approximate surface area is 76.4 Å². The molecule has 0 spiro atoms. The minimum atomic E-state index is -1.71. The molecule has 5 heteroatoms. The first-order valence-electron chi connectivity index (χ1n) is 4.15. The van der Waals surface area contributed by atoms with Gasteiger partial charge in [-0.05, 0) is 0 Å². The lowest BCUT2D eigenvalue weighted by molar-refractivity contribution is -0.148. The van der Waals surface area contributed by atoms with Crippen LogP contribution < -0.4 is 0 Å². The maximum absolute atomic E-state index is 11.1. The van der Waals surface area contributed by atoms with Crippen LogP contribution in [0.3, 0.4) is 0 Å². The Hall–Kier alpha value is -1.39. The molecule has 1 rings (SSSR count). The molecule has 0 aromatic heterocycles. The average Bonchev–Trinajstić information content (AvgIpc) is 2.83. The summed E-state index contributed by atoms with van der Waals surface area (Å²) in [6.07, 6.45) is 0.274. The molecule has 1 saturated carbocycles. The molecular weight excluding hydrogens is 176 g/mol. The molecular formula is C8H10O5. The molecule has 0 aromatic rings. The van der Waals surface area contributed by atoms with Gasteiger partial charge in [0.2, 0.25) is 0 Å². The number of esters is 2. The molecule has 0 saturated heterocycles. The minimum absolute atomic E-state index is 0.274. The monoisotopic (exact) mass is 188 g/mol. The third kappa shape index (κ3) is 1.54. The minimum Gasteiger partial charge on any atom is -0.469 e. The van der Waals surface area contributed by atoms with Gasteiger partial charge in [-0.3, -0.25) is 9.59 Å². The highest BCUT2D eigenvalue weighted by Crippen LogP contribution is 2.46. The van der Waals surface area contributed by atoms with E-state index in [2.05, 4.69) is 9.47 Å². The Morgan fingerprint density at radius 3 is 1.85 bits per heavy atom. The number of hydrogen-bond donors (Lipinski definition) is 0. The normalized spacial score (nSPS) is 37.2. The second-order valence-electron chi connectivity index (χ2n) is 2.62. The van der Waals surface area contributed by atoms with Crippen molar-refractivity contribution in [2.45, 2.75) is 0 Å². The van der Waals surface area contributed by atoms with Crippen LogP contribution in [0.5, 0.6) is 0 Å². The van der Waals surface area contributed by atoms with Gasteiger partial charge in [-0.15, -0.1) is 0 Å². The molecule has 0 N–H and O–H groups in total. The maximum atomic E-state index is 11.1. The number of carbonyl (C=O) groups is 3. The van der Waals surface area contributed by atoms with Gasteiger partial charge < -0.3 is 14.3 Å².